The van der Waals surface area contributed by atoms with Crippen LogP contribution in [0.2, 0.25) is 0 Å². The second kappa shape index (κ2) is 5.71. The van der Waals surface area contributed by atoms with Crippen molar-refractivity contribution in [3.63, 3.8) is 0 Å². The van der Waals surface area contributed by atoms with Crippen molar-refractivity contribution in [1.29, 1.82) is 0 Å². The zero-order valence-electron chi connectivity index (χ0n) is 11.6. The fourth-order valence-corrected chi connectivity index (χ4v) is 1.57. The van der Waals surface area contributed by atoms with Gasteiger partial charge in [-0.05, 0) is 32.0 Å². The van der Waals surface area contributed by atoms with Crippen LogP contribution in [0.3, 0.4) is 0 Å². The first kappa shape index (κ1) is 16.9. The number of carbonyl (C=O) groups is 2. The molecule has 0 unspecified atom stereocenters. The average molecular weight is 306 g/mol. The van der Waals surface area contributed by atoms with Gasteiger partial charge in [-0.1, -0.05) is 0 Å². The van der Waals surface area contributed by atoms with Crippen molar-refractivity contribution in [2.45, 2.75) is 32.5 Å². The molecule has 1 aromatic carbocycles. The number of alkyl halides is 3. The summed E-state index contributed by atoms with van der Waals surface area (Å²) >= 11 is 0. The monoisotopic (exact) mass is 306 g/mol. The lowest BCUT2D eigenvalue weighted by atomic mass is 10.0. The van der Waals surface area contributed by atoms with E-state index in [2.05, 4.69) is 5.32 Å². The number of hydrogen-bond acceptors (Lipinski definition) is 2. The molecule has 0 bridgehead atoms. The summed E-state index contributed by atoms with van der Waals surface area (Å²) < 4.78 is 51.2. The van der Waals surface area contributed by atoms with Gasteiger partial charge in [0.05, 0.1) is 11.3 Å². The summed E-state index contributed by atoms with van der Waals surface area (Å²) in [6, 6.07) is 1.69. The van der Waals surface area contributed by atoms with Crippen molar-refractivity contribution in [2.75, 3.05) is 5.32 Å². The molecule has 0 aromatic heterocycles. The molecular weight excluding hydrogens is 292 g/mol. The first-order valence-corrected chi connectivity index (χ1v) is 5.90. The summed E-state index contributed by atoms with van der Waals surface area (Å²) in [5.41, 5.74) is -3.09. The van der Waals surface area contributed by atoms with Crippen molar-refractivity contribution in [3.8, 4) is 0 Å². The Morgan fingerprint density at radius 3 is 2.19 bits per heavy atom. The van der Waals surface area contributed by atoms with Gasteiger partial charge in [0.1, 0.15) is 11.4 Å². The maximum Gasteiger partial charge on any atom is 0.416 e. The normalized spacial score (nSPS) is 12.0. The van der Waals surface area contributed by atoms with Crippen LogP contribution in [0.4, 0.5) is 23.2 Å². The van der Waals surface area contributed by atoms with E-state index in [1.807, 2.05) is 5.32 Å². The molecule has 0 saturated heterocycles. The SMILES string of the molecule is CC(=O)NC(C)(C)C(=O)Nc1cc(C(F)(F)F)ccc1F. The highest BCUT2D eigenvalue weighted by molar-refractivity contribution is 5.99. The fourth-order valence-electron chi connectivity index (χ4n) is 1.57. The molecule has 2 N–H and O–H groups in total. The smallest absolute Gasteiger partial charge is 0.342 e. The molecule has 0 radical (unpaired) electrons. The van der Waals surface area contributed by atoms with Gasteiger partial charge in [0.15, 0.2) is 0 Å². The van der Waals surface area contributed by atoms with E-state index in [0.717, 1.165) is 0 Å². The second-order valence-corrected chi connectivity index (χ2v) is 4.95. The Morgan fingerprint density at radius 1 is 1.14 bits per heavy atom. The van der Waals surface area contributed by atoms with Crippen LogP contribution in [0.1, 0.15) is 26.3 Å². The number of carbonyl (C=O) groups excluding carboxylic acids is 2. The number of nitrogens with one attached hydrogen (secondary N) is 2. The molecule has 0 spiro atoms. The van der Waals surface area contributed by atoms with Crippen LogP contribution in [-0.4, -0.2) is 17.4 Å². The van der Waals surface area contributed by atoms with E-state index in [1.54, 1.807) is 0 Å². The van der Waals surface area contributed by atoms with Crippen LogP contribution >= 0.6 is 0 Å². The van der Waals surface area contributed by atoms with Gasteiger partial charge in [0, 0.05) is 6.92 Å². The molecule has 2 amide bonds. The summed E-state index contributed by atoms with van der Waals surface area (Å²) in [6.45, 7) is 3.87. The van der Waals surface area contributed by atoms with Crippen molar-refractivity contribution < 1.29 is 27.2 Å². The van der Waals surface area contributed by atoms with Crippen molar-refractivity contribution >= 4 is 17.5 Å². The molecule has 0 aliphatic rings. The largest absolute Gasteiger partial charge is 0.416 e. The van der Waals surface area contributed by atoms with Crippen molar-refractivity contribution in [3.05, 3.63) is 29.6 Å². The number of benzene rings is 1. The van der Waals surface area contributed by atoms with E-state index < -0.39 is 40.6 Å². The number of anilines is 1. The Labute approximate surface area is 118 Å². The van der Waals surface area contributed by atoms with Gasteiger partial charge in [-0.2, -0.15) is 13.2 Å². The Balaban J connectivity index is 3.02. The number of rotatable bonds is 3. The highest BCUT2D eigenvalue weighted by Crippen LogP contribution is 2.32. The van der Waals surface area contributed by atoms with Crippen LogP contribution in [0.5, 0.6) is 0 Å². The molecule has 116 valence electrons. The van der Waals surface area contributed by atoms with E-state index in [0.29, 0.717) is 18.2 Å². The minimum Gasteiger partial charge on any atom is -0.342 e. The maximum absolute atomic E-state index is 13.5. The predicted octanol–water partition coefficient (Wildman–Crippen LogP) is 2.70. The highest BCUT2D eigenvalue weighted by atomic mass is 19.4. The van der Waals surface area contributed by atoms with E-state index >= 15 is 0 Å². The lowest BCUT2D eigenvalue weighted by Gasteiger charge is -2.24. The first-order valence-electron chi connectivity index (χ1n) is 5.90. The van der Waals surface area contributed by atoms with E-state index in [4.69, 9.17) is 0 Å². The molecule has 0 fully saturated rings. The molecule has 0 heterocycles. The van der Waals surface area contributed by atoms with Crippen molar-refractivity contribution in [1.82, 2.24) is 5.32 Å². The number of hydrogen-bond donors (Lipinski definition) is 2. The Hall–Kier alpha value is -2.12. The lowest BCUT2D eigenvalue weighted by molar-refractivity contribution is -0.137. The molecule has 0 aliphatic heterocycles. The van der Waals surface area contributed by atoms with Gasteiger partial charge in [0.2, 0.25) is 11.8 Å². The van der Waals surface area contributed by atoms with E-state index in [9.17, 15) is 27.2 Å². The molecule has 1 rings (SSSR count). The minimum atomic E-state index is -4.65. The van der Waals surface area contributed by atoms with Gasteiger partial charge < -0.3 is 10.6 Å². The molecule has 4 nitrogen and oxygen atoms in total. The van der Waals surface area contributed by atoms with Gasteiger partial charge in [-0.25, -0.2) is 4.39 Å². The summed E-state index contributed by atoms with van der Waals surface area (Å²) in [7, 11) is 0. The van der Waals surface area contributed by atoms with Crippen molar-refractivity contribution in [2.24, 2.45) is 0 Å². The Bertz CT molecular complexity index is 568. The molecule has 8 heteroatoms. The van der Waals surface area contributed by atoms with Crippen LogP contribution in [-0.2, 0) is 15.8 Å². The predicted molar refractivity (Wildman–Crippen MR) is 67.9 cm³/mol. The summed E-state index contributed by atoms with van der Waals surface area (Å²) in [4.78, 5) is 22.9. The Kier molecular flexibility index (Phi) is 4.60. The standard InChI is InChI=1S/C13H14F4N2O2/c1-7(20)19-12(2,3)11(21)18-10-6-8(13(15,16)17)4-5-9(10)14/h4-6H,1-3H3,(H,18,21)(H,19,20). The summed E-state index contributed by atoms with van der Waals surface area (Å²) in [5, 5.41) is 4.35. The first-order chi connectivity index (χ1) is 9.43. The highest BCUT2D eigenvalue weighted by Gasteiger charge is 2.33. The third kappa shape index (κ3) is 4.44. The van der Waals surface area contributed by atoms with Gasteiger partial charge in [-0.15, -0.1) is 0 Å². The molecule has 0 saturated carbocycles. The zero-order chi connectivity index (χ0) is 16.4. The lowest BCUT2D eigenvalue weighted by Crippen LogP contribution is -2.51. The summed E-state index contributed by atoms with van der Waals surface area (Å²) in [6.07, 6.45) is -4.65. The molecule has 0 atom stereocenters. The van der Waals surface area contributed by atoms with Crippen LogP contribution in [0.25, 0.3) is 0 Å². The quantitative estimate of drug-likeness (QED) is 0.844. The third-order valence-electron chi connectivity index (χ3n) is 2.60. The molecular formula is C13H14F4N2O2. The van der Waals surface area contributed by atoms with E-state index in [1.165, 1.54) is 20.8 Å². The minimum absolute atomic E-state index is 0.497. The van der Waals surface area contributed by atoms with E-state index in [-0.39, 0.29) is 0 Å². The number of halogens is 4. The topological polar surface area (TPSA) is 58.2 Å². The molecule has 1 aromatic rings. The van der Waals surface area contributed by atoms with Gasteiger partial charge in [-0.3, -0.25) is 9.59 Å². The van der Waals surface area contributed by atoms with Gasteiger partial charge in [0.25, 0.3) is 0 Å². The average Bonchev–Trinajstić information content (AvgIpc) is 2.28. The summed E-state index contributed by atoms with van der Waals surface area (Å²) in [5.74, 6) is -2.34. The maximum atomic E-state index is 13.5. The second-order valence-electron chi connectivity index (χ2n) is 4.95. The fraction of sp³-hybridized carbons (Fsp3) is 0.385. The van der Waals surface area contributed by atoms with Crippen LogP contribution in [0, 0.1) is 5.82 Å². The molecule has 21 heavy (non-hydrogen) atoms. The Morgan fingerprint density at radius 2 is 1.71 bits per heavy atom. The van der Waals surface area contributed by atoms with Gasteiger partial charge >= 0.3 is 6.18 Å². The van der Waals surface area contributed by atoms with Crippen LogP contribution in [0.15, 0.2) is 18.2 Å². The van der Waals surface area contributed by atoms with Crippen LogP contribution < -0.4 is 10.6 Å². The third-order valence-corrected chi connectivity index (χ3v) is 2.60. The molecule has 0 aliphatic carbocycles. The zero-order valence-corrected chi connectivity index (χ0v) is 11.6. The number of amides is 2.